The zero-order valence-corrected chi connectivity index (χ0v) is 20.4. The van der Waals surface area contributed by atoms with Crippen molar-refractivity contribution >= 4 is 5.69 Å². The van der Waals surface area contributed by atoms with E-state index in [4.69, 9.17) is 29.4 Å². The van der Waals surface area contributed by atoms with Crippen molar-refractivity contribution in [1.82, 2.24) is 0 Å². The van der Waals surface area contributed by atoms with Gasteiger partial charge in [0, 0.05) is 6.61 Å². The normalized spacial score (nSPS) is 11.2. The molecule has 1 aromatic rings. The molecule has 6 nitrogen and oxygen atoms in total. The molecule has 0 aliphatic heterocycles. The molecule has 1 rings (SSSR count). The summed E-state index contributed by atoms with van der Waals surface area (Å²) < 4.78 is 27.7. The van der Waals surface area contributed by atoms with Crippen LogP contribution in [0.25, 0.3) is 0 Å². The lowest BCUT2D eigenvalue weighted by Crippen LogP contribution is -2.14. The molecule has 0 spiro atoms. The summed E-state index contributed by atoms with van der Waals surface area (Å²) in [5, 5.41) is 0. The predicted octanol–water partition coefficient (Wildman–Crippen LogP) is 5.63. The molecule has 2 N–H and O–H groups in total. The smallest absolute Gasteiger partial charge is 0.142 e. The average Bonchev–Trinajstić information content (AvgIpc) is 2.80. The van der Waals surface area contributed by atoms with Crippen molar-refractivity contribution in [3.63, 3.8) is 0 Å². The summed E-state index contributed by atoms with van der Waals surface area (Å²) in [6.45, 7) is 7.60. The molecule has 0 aliphatic carbocycles. The van der Waals surface area contributed by atoms with Crippen LogP contribution in [-0.4, -0.2) is 59.5 Å². The molecule has 0 unspecified atom stereocenters. The van der Waals surface area contributed by atoms with Crippen LogP contribution >= 0.6 is 0 Å². The first-order valence-corrected chi connectivity index (χ1v) is 12.6. The third-order valence-corrected chi connectivity index (χ3v) is 5.16. The van der Waals surface area contributed by atoms with Crippen molar-refractivity contribution in [3.8, 4) is 5.75 Å². The molecule has 1 aromatic carbocycles. The fourth-order valence-electron chi connectivity index (χ4n) is 3.28. The van der Waals surface area contributed by atoms with Gasteiger partial charge in [0.1, 0.15) is 12.4 Å². The second kappa shape index (κ2) is 22.8. The lowest BCUT2D eigenvalue weighted by atomic mass is 10.1. The van der Waals surface area contributed by atoms with Crippen LogP contribution in [-0.2, 0) is 18.9 Å². The zero-order valence-electron chi connectivity index (χ0n) is 20.4. The van der Waals surface area contributed by atoms with E-state index in [1.807, 2.05) is 24.3 Å². The number of unbranched alkanes of at least 4 members (excludes halogenated alkanes) is 9. The molecule has 0 fully saturated rings. The minimum absolute atomic E-state index is 0.469. The van der Waals surface area contributed by atoms with Gasteiger partial charge in [0.2, 0.25) is 0 Å². The number of anilines is 1. The van der Waals surface area contributed by atoms with E-state index in [2.05, 4.69) is 6.92 Å². The Balaban J connectivity index is 1.68. The first kappa shape index (κ1) is 28.7. The van der Waals surface area contributed by atoms with Gasteiger partial charge >= 0.3 is 0 Å². The number of hydrogen-bond donors (Lipinski definition) is 1. The quantitative estimate of drug-likeness (QED) is 0.161. The Labute approximate surface area is 196 Å². The minimum Gasteiger partial charge on any atom is -0.489 e. The Morgan fingerprint density at radius 2 is 0.969 bits per heavy atom. The molecular formula is C26H47NO5. The number of para-hydroxylation sites is 2. The standard InChI is InChI=1S/C26H47NO5/c1-2-3-4-5-6-7-8-9-10-13-16-28-17-18-29-19-20-30-21-22-31-23-24-32-26-15-12-11-14-25(26)27/h11-12,14-15H,2-10,13,16-24,27H2,1H3. The molecule has 0 aliphatic rings. The summed E-state index contributed by atoms with van der Waals surface area (Å²) in [7, 11) is 0. The number of benzene rings is 1. The molecule has 0 aromatic heterocycles. The third-order valence-electron chi connectivity index (χ3n) is 5.16. The fourth-order valence-corrected chi connectivity index (χ4v) is 3.28. The summed E-state index contributed by atoms with van der Waals surface area (Å²) in [4.78, 5) is 0. The number of ether oxygens (including phenoxy) is 5. The third kappa shape index (κ3) is 18.3. The highest BCUT2D eigenvalue weighted by Gasteiger charge is 1.98. The molecule has 0 amide bonds. The van der Waals surface area contributed by atoms with Crippen LogP contribution in [0.4, 0.5) is 5.69 Å². The van der Waals surface area contributed by atoms with Gasteiger partial charge in [0.15, 0.2) is 0 Å². The molecule has 32 heavy (non-hydrogen) atoms. The maximum Gasteiger partial charge on any atom is 0.142 e. The summed E-state index contributed by atoms with van der Waals surface area (Å²) in [6.07, 6.45) is 13.5. The highest BCUT2D eigenvalue weighted by Crippen LogP contribution is 2.19. The summed E-state index contributed by atoms with van der Waals surface area (Å²) in [5.74, 6) is 0.692. The van der Waals surface area contributed by atoms with E-state index >= 15 is 0 Å². The van der Waals surface area contributed by atoms with Crippen LogP contribution in [0.5, 0.6) is 5.75 Å². The second-order valence-corrected chi connectivity index (χ2v) is 8.02. The summed E-state index contributed by atoms with van der Waals surface area (Å²) >= 11 is 0. The van der Waals surface area contributed by atoms with Gasteiger partial charge in [-0.15, -0.1) is 0 Å². The van der Waals surface area contributed by atoms with Crippen LogP contribution in [0.2, 0.25) is 0 Å². The Morgan fingerprint density at radius 3 is 1.50 bits per heavy atom. The average molecular weight is 454 g/mol. The van der Waals surface area contributed by atoms with Crippen molar-refractivity contribution in [2.75, 3.05) is 65.2 Å². The van der Waals surface area contributed by atoms with Crippen molar-refractivity contribution in [2.24, 2.45) is 0 Å². The van der Waals surface area contributed by atoms with Gasteiger partial charge in [-0.1, -0.05) is 76.8 Å². The van der Waals surface area contributed by atoms with E-state index in [1.165, 1.54) is 57.8 Å². The molecule has 0 bridgehead atoms. The Kier molecular flexibility index (Phi) is 20.5. The predicted molar refractivity (Wildman–Crippen MR) is 131 cm³/mol. The van der Waals surface area contributed by atoms with Gasteiger partial charge in [0.05, 0.1) is 51.9 Å². The number of nitrogen functional groups attached to an aromatic ring is 1. The van der Waals surface area contributed by atoms with Gasteiger partial charge < -0.3 is 29.4 Å². The van der Waals surface area contributed by atoms with Crippen molar-refractivity contribution < 1.29 is 23.7 Å². The minimum atomic E-state index is 0.469. The van der Waals surface area contributed by atoms with Crippen molar-refractivity contribution in [3.05, 3.63) is 24.3 Å². The second-order valence-electron chi connectivity index (χ2n) is 8.02. The number of rotatable bonds is 24. The monoisotopic (exact) mass is 453 g/mol. The molecule has 0 radical (unpaired) electrons. The van der Waals surface area contributed by atoms with Gasteiger partial charge in [-0.3, -0.25) is 0 Å². The number of hydrogen-bond acceptors (Lipinski definition) is 6. The van der Waals surface area contributed by atoms with Crippen LogP contribution in [0.15, 0.2) is 24.3 Å². The van der Waals surface area contributed by atoms with E-state index in [9.17, 15) is 0 Å². The Morgan fingerprint density at radius 1 is 0.531 bits per heavy atom. The van der Waals surface area contributed by atoms with Crippen LogP contribution < -0.4 is 10.5 Å². The van der Waals surface area contributed by atoms with Crippen LogP contribution in [0.3, 0.4) is 0 Å². The van der Waals surface area contributed by atoms with Gasteiger partial charge in [0.25, 0.3) is 0 Å². The van der Waals surface area contributed by atoms with Crippen molar-refractivity contribution in [2.45, 2.75) is 71.1 Å². The zero-order chi connectivity index (χ0) is 23.0. The Hall–Kier alpha value is -1.34. The first-order valence-electron chi connectivity index (χ1n) is 12.6. The molecular weight excluding hydrogens is 406 g/mol. The summed E-state index contributed by atoms with van der Waals surface area (Å²) in [5.41, 5.74) is 6.45. The van der Waals surface area contributed by atoms with E-state index in [0.717, 1.165) is 13.0 Å². The van der Waals surface area contributed by atoms with E-state index in [0.29, 0.717) is 64.3 Å². The molecule has 0 saturated carbocycles. The Bertz CT molecular complexity index is 515. The van der Waals surface area contributed by atoms with Crippen LogP contribution in [0.1, 0.15) is 71.1 Å². The molecule has 186 valence electrons. The SMILES string of the molecule is CCCCCCCCCCCCOCCOCCOCCOCCOc1ccccc1N. The first-order chi connectivity index (χ1) is 15.8. The molecule has 0 saturated heterocycles. The van der Waals surface area contributed by atoms with E-state index < -0.39 is 0 Å². The van der Waals surface area contributed by atoms with E-state index in [-0.39, 0.29) is 0 Å². The number of nitrogens with two attached hydrogens (primary N) is 1. The lowest BCUT2D eigenvalue weighted by molar-refractivity contribution is -0.00485. The molecule has 6 heteroatoms. The maximum atomic E-state index is 5.81. The van der Waals surface area contributed by atoms with Gasteiger partial charge in [-0.2, -0.15) is 0 Å². The lowest BCUT2D eigenvalue weighted by Gasteiger charge is -2.09. The van der Waals surface area contributed by atoms with E-state index in [1.54, 1.807) is 0 Å². The summed E-state index contributed by atoms with van der Waals surface area (Å²) in [6, 6.07) is 7.44. The highest BCUT2D eigenvalue weighted by molar-refractivity contribution is 5.51. The topological polar surface area (TPSA) is 72.2 Å². The molecule has 0 atom stereocenters. The highest BCUT2D eigenvalue weighted by atomic mass is 16.6. The van der Waals surface area contributed by atoms with Gasteiger partial charge in [-0.05, 0) is 18.6 Å². The van der Waals surface area contributed by atoms with Gasteiger partial charge in [-0.25, -0.2) is 0 Å². The van der Waals surface area contributed by atoms with Crippen LogP contribution in [0, 0.1) is 0 Å². The maximum absolute atomic E-state index is 5.81. The van der Waals surface area contributed by atoms with Crippen molar-refractivity contribution in [1.29, 1.82) is 0 Å². The largest absolute Gasteiger partial charge is 0.489 e. The molecule has 0 heterocycles. The fraction of sp³-hybridized carbons (Fsp3) is 0.769.